The SMILES string of the molecule is CC[C@H]1COCCN1c1cc(C2(S(=O)(=O)c3ccccc3)CC2)nc(-c2ccc(NC(=O)NCC3(O)CC3)cc2)n1. The molecular formula is C30H35N5O5S. The number of hydrogen-bond acceptors (Lipinski definition) is 8. The fourth-order valence-electron chi connectivity index (χ4n) is 5.28. The number of carbonyl (C=O) groups excluding carboxylic acids is 1. The van der Waals surface area contributed by atoms with E-state index in [9.17, 15) is 18.3 Å². The second-order valence-electron chi connectivity index (χ2n) is 11.2. The normalized spacial score (nSPS) is 20.7. The van der Waals surface area contributed by atoms with Gasteiger partial charge in [-0.15, -0.1) is 0 Å². The Balaban J connectivity index is 1.33. The summed E-state index contributed by atoms with van der Waals surface area (Å²) in [5.41, 5.74) is 1.02. The van der Waals surface area contributed by atoms with E-state index in [1.54, 1.807) is 42.5 Å². The van der Waals surface area contributed by atoms with Crippen molar-refractivity contribution in [1.82, 2.24) is 15.3 Å². The Morgan fingerprint density at radius 1 is 1.07 bits per heavy atom. The molecule has 11 heteroatoms. The third-order valence-electron chi connectivity index (χ3n) is 8.25. The monoisotopic (exact) mass is 577 g/mol. The van der Waals surface area contributed by atoms with Crippen molar-refractivity contribution in [2.75, 3.05) is 36.5 Å². The van der Waals surface area contributed by atoms with E-state index in [0.717, 1.165) is 6.42 Å². The smallest absolute Gasteiger partial charge is 0.319 e. The molecule has 3 aliphatic rings. The molecule has 0 spiro atoms. The first-order chi connectivity index (χ1) is 19.7. The van der Waals surface area contributed by atoms with Gasteiger partial charge in [0.1, 0.15) is 10.6 Å². The largest absolute Gasteiger partial charge is 0.388 e. The highest BCUT2D eigenvalue weighted by atomic mass is 32.2. The topological polar surface area (TPSA) is 134 Å². The Morgan fingerprint density at radius 2 is 1.80 bits per heavy atom. The number of sulfone groups is 1. The zero-order valence-corrected chi connectivity index (χ0v) is 23.9. The van der Waals surface area contributed by atoms with Gasteiger partial charge >= 0.3 is 6.03 Å². The number of carbonyl (C=O) groups is 1. The van der Waals surface area contributed by atoms with Crippen molar-refractivity contribution in [2.24, 2.45) is 0 Å². The predicted molar refractivity (Wildman–Crippen MR) is 155 cm³/mol. The van der Waals surface area contributed by atoms with Gasteiger partial charge in [-0.05, 0) is 68.5 Å². The van der Waals surface area contributed by atoms with Gasteiger partial charge in [-0.2, -0.15) is 0 Å². The Kier molecular flexibility index (Phi) is 7.21. The van der Waals surface area contributed by atoms with Crippen LogP contribution >= 0.6 is 0 Å². The molecule has 1 aliphatic heterocycles. The maximum atomic E-state index is 13.9. The molecule has 10 nitrogen and oxygen atoms in total. The van der Waals surface area contributed by atoms with Gasteiger partial charge in [0.05, 0.1) is 35.4 Å². The van der Waals surface area contributed by atoms with Gasteiger partial charge in [0.25, 0.3) is 0 Å². The van der Waals surface area contributed by atoms with E-state index in [0.29, 0.717) is 78.9 Å². The first-order valence-corrected chi connectivity index (χ1v) is 15.6. The molecule has 2 saturated carbocycles. The first-order valence-electron chi connectivity index (χ1n) is 14.1. The number of anilines is 2. The van der Waals surface area contributed by atoms with Crippen LogP contribution in [0.3, 0.4) is 0 Å². The van der Waals surface area contributed by atoms with Crippen molar-refractivity contribution in [3.8, 4) is 11.4 Å². The lowest BCUT2D eigenvalue weighted by Crippen LogP contribution is -2.45. The number of nitrogens with zero attached hydrogens (tertiary/aromatic N) is 3. The molecule has 3 aromatic rings. The van der Waals surface area contributed by atoms with Crippen LogP contribution in [0.2, 0.25) is 0 Å². The maximum absolute atomic E-state index is 13.9. The van der Waals surface area contributed by atoms with Crippen LogP contribution in [-0.4, -0.2) is 67.5 Å². The fourth-order valence-corrected chi connectivity index (χ4v) is 7.27. The number of morpholine rings is 1. The minimum Gasteiger partial charge on any atom is -0.388 e. The van der Waals surface area contributed by atoms with Gasteiger partial charge < -0.3 is 25.4 Å². The van der Waals surface area contributed by atoms with Crippen LogP contribution in [-0.2, 0) is 19.3 Å². The van der Waals surface area contributed by atoms with Crippen molar-refractivity contribution in [1.29, 1.82) is 0 Å². The van der Waals surface area contributed by atoms with Crippen LogP contribution in [0.5, 0.6) is 0 Å². The second kappa shape index (κ2) is 10.7. The predicted octanol–water partition coefficient (Wildman–Crippen LogP) is 3.87. The van der Waals surface area contributed by atoms with Crippen LogP contribution < -0.4 is 15.5 Å². The molecule has 0 unspecified atom stereocenters. The standard InChI is InChI=1S/C30H35N5O5S/c1-2-23-19-40-17-16-35(23)26-18-25(30(14-15-30)41(38,39)24-6-4-3-5-7-24)33-27(34-26)21-8-10-22(11-9-21)32-28(36)31-20-29(37)12-13-29/h3-11,18,23,37H,2,12-17,19-20H2,1H3,(H2,31,32,36)/t23-/m0/s1. The average molecular weight is 578 g/mol. The summed E-state index contributed by atoms with van der Waals surface area (Å²) in [5.74, 6) is 1.12. The molecule has 0 radical (unpaired) electrons. The molecule has 2 aliphatic carbocycles. The molecule has 2 amide bonds. The van der Waals surface area contributed by atoms with Gasteiger partial charge in [0.2, 0.25) is 0 Å². The Morgan fingerprint density at radius 3 is 2.46 bits per heavy atom. The summed E-state index contributed by atoms with van der Waals surface area (Å²) in [7, 11) is -3.68. The zero-order chi connectivity index (χ0) is 28.7. The highest BCUT2D eigenvalue weighted by molar-refractivity contribution is 7.92. The third-order valence-corrected chi connectivity index (χ3v) is 10.8. The molecular weight excluding hydrogens is 542 g/mol. The van der Waals surface area contributed by atoms with Gasteiger partial charge in [-0.3, -0.25) is 0 Å². The fraction of sp³-hybridized carbons (Fsp3) is 0.433. The van der Waals surface area contributed by atoms with E-state index < -0.39 is 26.2 Å². The number of rotatable bonds is 9. The van der Waals surface area contributed by atoms with E-state index >= 15 is 0 Å². The first kappa shape index (κ1) is 27.6. The number of nitrogens with one attached hydrogen (secondary N) is 2. The summed E-state index contributed by atoms with van der Waals surface area (Å²) in [4.78, 5) is 24.5. The summed E-state index contributed by atoms with van der Waals surface area (Å²) in [5, 5.41) is 15.4. The summed E-state index contributed by atoms with van der Waals surface area (Å²) < 4.78 is 32.4. The third kappa shape index (κ3) is 5.53. The number of ether oxygens (including phenoxy) is 1. The quantitative estimate of drug-likeness (QED) is 0.349. The maximum Gasteiger partial charge on any atom is 0.319 e. The average Bonchev–Trinajstić information content (AvgIpc) is 3.94. The Labute approximate surface area is 240 Å². The van der Waals surface area contributed by atoms with E-state index in [-0.39, 0.29) is 12.6 Å². The van der Waals surface area contributed by atoms with E-state index in [1.807, 2.05) is 18.2 Å². The van der Waals surface area contributed by atoms with Crippen molar-refractivity contribution in [3.63, 3.8) is 0 Å². The summed E-state index contributed by atoms with van der Waals surface area (Å²) in [6.07, 6.45) is 3.24. The van der Waals surface area contributed by atoms with Crippen molar-refractivity contribution in [2.45, 2.75) is 60.3 Å². The summed E-state index contributed by atoms with van der Waals surface area (Å²) >= 11 is 0. The summed E-state index contributed by atoms with van der Waals surface area (Å²) in [6.45, 7) is 4.12. The minimum atomic E-state index is -3.68. The van der Waals surface area contributed by atoms with Gasteiger partial charge in [-0.25, -0.2) is 23.2 Å². The van der Waals surface area contributed by atoms with E-state index in [1.165, 1.54) is 0 Å². The lowest BCUT2D eigenvalue weighted by atomic mass is 10.1. The van der Waals surface area contributed by atoms with Crippen LogP contribution in [0.25, 0.3) is 11.4 Å². The molecule has 3 N–H and O–H groups in total. The number of aliphatic hydroxyl groups is 1. The van der Waals surface area contributed by atoms with Gasteiger partial charge in [-0.1, -0.05) is 25.1 Å². The van der Waals surface area contributed by atoms with E-state index in [4.69, 9.17) is 14.7 Å². The van der Waals surface area contributed by atoms with Gasteiger partial charge in [0, 0.05) is 30.4 Å². The van der Waals surface area contributed by atoms with Gasteiger partial charge in [0.15, 0.2) is 15.7 Å². The van der Waals surface area contributed by atoms with Crippen LogP contribution in [0.4, 0.5) is 16.3 Å². The molecule has 1 saturated heterocycles. The molecule has 6 rings (SSSR count). The molecule has 216 valence electrons. The van der Waals surface area contributed by atoms with Crippen molar-refractivity contribution >= 4 is 27.4 Å². The van der Waals surface area contributed by atoms with Crippen molar-refractivity contribution < 1.29 is 23.1 Å². The Bertz CT molecular complexity index is 1520. The molecule has 1 aromatic heterocycles. The van der Waals surface area contributed by atoms with Crippen LogP contribution in [0.1, 0.15) is 44.7 Å². The molecule has 2 heterocycles. The molecule has 2 aromatic carbocycles. The molecule has 0 bridgehead atoms. The van der Waals surface area contributed by atoms with Crippen molar-refractivity contribution in [3.05, 3.63) is 66.4 Å². The number of amides is 2. The molecule has 3 fully saturated rings. The van der Waals surface area contributed by atoms with Crippen LogP contribution in [0, 0.1) is 0 Å². The van der Waals surface area contributed by atoms with E-state index in [2.05, 4.69) is 22.5 Å². The second-order valence-corrected chi connectivity index (χ2v) is 13.4. The highest BCUT2D eigenvalue weighted by Gasteiger charge is 2.58. The zero-order valence-electron chi connectivity index (χ0n) is 23.0. The number of aromatic nitrogens is 2. The Hall–Kier alpha value is -3.54. The van der Waals surface area contributed by atoms with Crippen LogP contribution in [0.15, 0.2) is 65.6 Å². The summed E-state index contributed by atoms with van der Waals surface area (Å²) in [6, 6.07) is 17.3. The lowest BCUT2D eigenvalue weighted by molar-refractivity contribution is 0.0925. The number of benzene rings is 2. The lowest BCUT2D eigenvalue weighted by Gasteiger charge is -2.36. The highest BCUT2D eigenvalue weighted by Crippen LogP contribution is 2.55. The molecule has 1 atom stereocenters. The number of hydrogen-bond donors (Lipinski definition) is 3. The number of urea groups is 1. The molecule has 41 heavy (non-hydrogen) atoms. The minimum absolute atomic E-state index is 0.124.